The van der Waals surface area contributed by atoms with E-state index in [1.165, 1.54) is 0 Å². The van der Waals surface area contributed by atoms with Gasteiger partial charge in [-0.3, -0.25) is 0 Å². The number of nitriles is 2. The molecule has 0 bridgehead atoms. The summed E-state index contributed by atoms with van der Waals surface area (Å²) in [5.41, 5.74) is 6.37. The summed E-state index contributed by atoms with van der Waals surface area (Å²) >= 11 is 0. The second-order valence-corrected chi connectivity index (χ2v) is 8.44. The molecule has 190 valence electrons. The molecule has 3 aromatic carbocycles. The first kappa shape index (κ1) is 27.9. The van der Waals surface area contributed by atoms with Crippen molar-refractivity contribution in [3.8, 4) is 23.6 Å². The molecule has 0 amide bonds. The minimum Gasteiger partial charge on any atom is -1.00 e. The van der Waals surface area contributed by atoms with E-state index in [4.69, 9.17) is 20.2 Å². The third-order valence-corrected chi connectivity index (χ3v) is 6.20. The van der Waals surface area contributed by atoms with Crippen molar-refractivity contribution in [3.05, 3.63) is 60.7 Å². The maximum absolute atomic E-state index is 9.42. The molecule has 1 N–H and O–H groups in total. The van der Waals surface area contributed by atoms with Crippen molar-refractivity contribution in [1.29, 1.82) is 10.5 Å². The van der Waals surface area contributed by atoms with Gasteiger partial charge in [-0.15, -0.1) is 4.57 Å². The van der Waals surface area contributed by atoms with Crippen LogP contribution in [0.3, 0.4) is 0 Å². The highest BCUT2D eigenvalue weighted by Gasteiger charge is 2.22. The number of anilines is 2. The molecule has 4 aromatic rings. The summed E-state index contributed by atoms with van der Waals surface area (Å²) in [5, 5.41) is 27.7. The monoisotopic (exact) mass is 608 g/mol. The number of methoxy groups -OCH3 is 1. The third-order valence-electron chi connectivity index (χ3n) is 6.20. The van der Waals surface area contributed by atoms with Crippen molar-refractivity contribution in [1.82, 2.24) is 4.98 Å². The molecular formula is C28H29IN6O2. The number of halogens is 1. The van der Waals surface area contributed by atoms with Crippen molar-refractivity contribution in [3.63, 3.8) is 0 Å². The lowest BCUT2D eigenvalue weighted by molar-refractivity contribution is -0.538. The van der Waals surface area contributed by atoms with Gasteiger partial charge in [0.05, 0.1) is 38.7 Å². The second-order valence-electron chi connectivity index (χ2n) is 8.44. The van der Waals surface area contributed by atoms with E-state index < -0.39 is 0 Å². The number of likely N-dealkylation sites (N-methyl/N-ethyl adjacent to an activating group) is 1. The number of fused-ring (bicyclic) bond motifs is 2. The molecule has 37 heavy (non-hydrogen) atoms. The number of aliphatic hydroxyl groups is 1. The van der Waals surface area contributed by atoms with E-state index in [0.29, 0.717) is 32.5 Å². The molecule has 0 aliphatic heterocycles. The summed E-state index contributed by atoms with van der Waals surface area (Å²) in [6, 6.07) is 24.4. The maximum Gasteiger partial charge on any atom is 0.239 e. The van der Waals surface area contributed by atoms with Gasteiger partial charge in [0.15, 0.2) is 0 Å². The molecule has 0 unspecified atom stereocenters. The van der Waals surface area contributed by atoms with E-state index in [1.54, 1.807) is 7.11 Å². The smallest absolute Gasteiger partial charge is 0.239 e. The van der Waals surface area contributed by atoms with Crippen molar-refractivity contribution >= 4 is 33.4 Å². The van der Waals surface area contributed by atoms with E-state index in [9.17, 15) is 5.11 Å². The van der Waals surface area contributed by atoms with E-state index in [-0.39, 0.29) is 30.6 Å². The van der Waals surface area contributed by atoms with Crippen LogP contribution in [0.15, 0.2) is 60.7 Å². The molecule has 0 saturated heterocycles. The number of hydrogen-bond acceptors (Lipinski definition) is 7. The molecule has 0 spiro atoms. The van der Waals surface area contributed by atoms with Gasteiger partial charge >= 0.3 is 0 Å². The topological polar surface area (TPSA) is 100 Å². The summed E-state index contributed by atoms with van der Waals surface area (Å²) < 4.78 is 7.54. The first-order valence-corrected chi connectivity index (χ1v) is 11.8. The lowest BCUT2D eigenvalue weighted by Crippen LogP contribution is -3.00. The number of nitrogens with zero attached hydrogens (tertiary/aromatic N) is 6. The summed E-state index contributed by atoms with van der Waals surface area (Å²) in [6.07, 6.45) is 0.747. The van der Waals surface area contributed by atoms with Crippen LogP contribution in [-0.2, 0) is 0 Å². The van der Waals surface area contributed by atoms with E-state index >= 15 is 0 Å². The van der Waals surface area contributed by atoms with Crippen molar-refractivity contribution in [2.75, 3.05) is 50.2 Å². The highest BCUT2D eigenvalue weighted by Crippen LogP contribution is 2.26. The molecule has 0 atom stereocenters. The lowest BCUT2D eigenvalue weighted by atomic mass is 10.1. The quantitative estimate of drug-likeness (QED) is 0.161. The summed E-state index contributed by atoms with van der Waals surface area (Å²) in [5.74, 6) is 0.769. The van der Waals surface area contributed by atoms with Crippen LogP contribution in [0, 0.1) is 22.7 Å². The molecule has 0 fully saturated rings. The van der Waals surface area contributed by atoms with Gasteiger partial charge < -0.3 is 43.6 Å². The van der Waals surface area contributed by atoms with E-state index in [0.717, 1.165) is 44.9 Å². The molecule has 1 heterocycles. The lowest BCUT2D eigenvalue weighted by Gasteiger charge is -2.22. The zero-order valence-electron chi connectivity index (χ0n) is 20.9. The number of benzene rings is 3. The Labute approximate surface area is 234 Å². The SMILES string of the molecule is COc1ccc(-[n+]2c3cc(N(C)CCO)ccc3nc3ccc(N(CCC#N)CCC#N)cc32)cc1.[I-]. The van der Waals surface area contributed by atoms with Crippen LogP contribution < -0.4 is 43.1 Å². The zero-order valence-corrected chi connectivity index (χ0v) is 23.1. The largest absolute Gasteiger partial charge is 1.00 e. The predicted molar refractivity (Wildman–Crippen MR) is 140 cm³/mol. The van der Waals surface area contributed by atoms with Crippen molar-refractivity contribution in [2.24, 2.45) is 0 Å². The highest BCUT2D eigenvalue weighted by atomic mass is 127. The summed E-state index contributed by atoms with van der Waals surface area (Å²) in [4.78, 5) is 9.01. The Hall–Kier alpha value is -3.67. The Bertz CT molecular complexity index is 1430. The Morgan fingerprint density at radius 1 is 0.865 bits per heavy atom. The predicted octanol–water partition coefficient (Wildman–Crippen LogP) is 0.740. The van der Waals surface area contributed by atoms with Gasteiger partial charge in [0, 0.05) is 62.3 Å². The van der Waals surface area contributed by atoms with Gasteiger partial charge in [-0.25, -0.2) is 4.98 Å². The molecule has 8 nitrogen and oxygen atoms in total. The highest BCUT2D eigenvalue weighted by molar-refractivity contribution is 5.86. The van der Waals surface area contributed by atoms with Gasteiger partial charge in [-0.05, 0) is 36.4 Å². The van der Waals surface area contributed by atoms with Crippen LogP contribution in [0.5, 0.6) is 5.75 Å². The standard InChI is InChI=1S/C28H29N6O2.HI/c1-32(17-18-35)22-7-11-25-27(19-22)34(21-5-9-24(36-2)10-6-21)28-20-23(8-12-26(28)31-25)33(15-3-13-29)16-4-14-30;/h5-12,19-20,35H,3-4,15-18H2,1-2H3;1H/q+1;/p-1. The Balaban J connectivity index is 0.00000380. The van der Waals surface area contributed by atoms with Crippen LogP contribution in [0.1, 0.15) is 12.8 Å². The molecule has 1 aromatic heterocycles. The maximum atomic E-state index is 9.42. The molecular weight excluding hydrogens is 579 g/mol. The number of rotatable bonds is 10. The fourth-order valence-electron chi connectivity index (χ4n) is 4.29. The van der Waals surface area contributed by atoms with Gasteiger partial charge in [-0.2, -0.15) is 10.5 Å². The molecule has 0 saturated carbocycles. The first-order chi connectivity index (χ1) is 17.6. The molecule has 0 aliphatic rings. The van der Waals surface area contributed by atoms with E-state index in [1.807, 2.05) is 60.5 Å². The molecule has 0 aliphatic carbocycles. The average molecular weight is 608 g/mol. The zero-order chi connectivity index (χ0) is 25.5. The number of ether oxygens (including phenoxy) is 1. The Morgan fingerprint density at radius 3 is 1.97 bits per heavy atom. The average Bonchev–Trinajstić information content (AvgIpc) is 2.91. The fraction of sp³-hybridized carbons (Fsp3) is 0.286. The number of aliphatic hydroxyl groups excluding tert-OH is 1. The van der Waals surface area contributed by atoms with E-state index in [2.05, 4.69) is 33.7 Å². The number of hydrogen-bond donors (Lipinski definition) is 1. The number of aromatic nitrogens is 2. The Morgan fingerprint density at radius 2 is 1.43 bits per heavy atom. The minimum absolute atomic E-state index is 0. The summed E-state index contributed by atoms with van der Waals surface area (Å²) in [6.45, 7) is 1.67. The van der Waals surface area contributed by atoms with Crippen molar-refractivity contribution in [2.45, 2.75) is 12.8 Å². The van der Waals surface area contributed by atoms with Gasteiger partial charge in [0.2, 0.25) is 16.7 Å². The van der Waals surface area contributed by atoms with Gasteiger partial charge in [-0.1, -0.05) is 0 Å². The Kier molecular flexibility index (Phi) is 9.84. The van der Waals surface area contributed by atoms with Gasteiger partial charge in [0.1, 0.15) is 16.8 Å². The van der Waals surface area contributed by atoms with Crippen LogP contribution in [-0.4, -0.2) is 50.5 Å². The van der Waals surface area contributed by atoms with Crippen LogP contribution in [0.2, 0.25) is 0 Å². The summed E-state index contributed by atoms with van der Waals surface area (Å²) in [7, 11) is 3.59. The first-order valence-electron chi connectivity index (χ1n) is 11.8. The molecule has 0 radical (unpaired) electrons. The molecule has 9 heteroatoms. The van der Waals surface area contributed by atoms with Crippen LogP contribution in [0.4, 0.5) is 11.4 Å². The van der Waals surface area contributed by atoms with Gasteiger partial charge in [0.25, 0.3) is 0 Å². The molecule has 4 rings (SSSR count). The normalized spacial score (nSPS) is 10.4. The fourth-order valence-corrected chi connectivity index (χ4v) is 4.29. The third kappa shape index (κ3) is 6.19. The second kappa shape index (κ2) is 13.0. The van der Waals surface area contributed by atoms with Crippen LogP contribution >= 0.6 is 0 Å². The van der Waals surface area contributed by atoms with Crippen LogP contribution in [0.25, 0.3) is 27.8 Å². The minimum atomic E-state index is 0. The van der Waals surface area contributed by atoms with Crippen molar-refractivity contribution < 1.29 is 38.4 Å².